The molecule has 0 bridgehead atoms. The molecule has 0 radical (unpaired) electrons. The number of nitrogens with one attached hydrogen (secondary N) is 1. The third kappa shape index (κ3) is 5.46. The summed E-state index contributed by atoms with van der Waals surface area (Å²) in [6.07, 6.45) is 1.66. The number of aromatic nitrogens is 2. The van der Waals surface area contributed by atoms with Gasteiger partial charge in [0, 0.05) is 23.0 Å². The van der Waals surface area contributed by atoms with E-state index < -0.39 is 5.97 Å². The minimum atomic E-state index is -0.450. The molecule has 0 saturated heterocycles. The highest BCUT2D eigenvalue weighted by molar-refractivity contribution is 7.09. The van der Waals surface area contributed by atoms with Crippen molar-refractivity contribution in [2.45, 2.75) is 26.9 Å². The number of ether oxygens (including phenoxy) is 1. The van der Waals surface area contributed by atoms with Crippen LogP contribution in [0.2, 0.25) is 0 Å². The van der Waals surface area contributed by atoms with Crippen molar-refractivity contribution in [3.63, 3.8) is 0 Å². The molecule has 1 amide bonds. The van der Waals surface area contributed by atoms with Gasteiger partial charge in [-0.05, 0) is 38.1 Å². The Balaban J connectivity index is 1.50. The first-order chi connectivity index (χ1) is 13.0. The van der Waals surface area contributed by atoms with Crippen LogP contribution in [-0.4, -0.2) is 21.8 Å². The van der Waals surface area contributed by atoms with Crippen LogP contribution in [0.15, 0.2) is 48.0 Å². The Labute approximate surface area is 161 Å². The molecule has 0 saturated carbocycles. The fourth-order valence-electron chi connectivity index (χ4n) is 2.29. The van der Waals surface area contributed by atoms with E-state index in [1.54, 1.807) is 17.5 Å². The maximum absolute atomic E-state index is 12.1. The fraction of sp³-hybridized carbons (Fsp3) is 0.200. The number of aryl methyl sites for hydroxylation is 2. The number of esters is 1. The Morgan fingerprint density at radius 2 is 1.89 bits per heavy atom. The fourth-order valence-corrected chi connectivity index (χ4v) is 3.06. The van der Waals surface area contributed by atoms with Gasteiger partial charge in [-0.1, -0.05) is 17.7 Å². The monoisotopic (exact) mass is 381 g/mol. The van der Waals surface area contributed by atoms with Gasteiger partial charge in [-0.15, -0.1) is 11.3 Å². The standard InChI is InChI=1S/C20H19N3O3S/c1-13-3-7-16(8-4-13)22-18(24)9-19-23-17(12-27-19)11-26-20(25)15-6-5-14(2)21-10-15/h3-8,10,12H,9,11H2,1-2H3,(H,22,24). The molecule has 0 aliphatic heterocycles. The summed E-state index contributed by atoms with van der Waals surface area (Å²) in [7, 11) is 0. The topological polar surface area (TPSA) is 81.2 Å². The van der Waals surface area contributed by atoms with Crippen LogP contribution in [0, 0.1) is 13.8 Å². The summed E-state index contributed by atoms with van der Waals surface area (Å²) in [6, 6.07) is 11.0. The summed E-state index contributed by atoms with van der Waals surface area (Å²) in [4.78, 5) is 32.5. The van der Waals surface area contributed by atoms with E-state index in [0.717, 1.165) is 16.9 Å². The van der Waals surface area contributed by atoms with Gasteiger partial charge in [0.25, 0.3) is 0 Å². The zero-order chi connectivity index (χ0) is 19.2. The van der Waals surface area contributed by atoms with E-state index in [0.29, 0.717) is 16.3 Å². The van der Waals surface area contributed by atoms with Gasteiger partial charge in [0.1, 0.15) is 11.6 Å². The zero-order valence-corrected chi connectivity index (χ0v) is 15.9. The molecule has 1 N–H and O–H groups in total. The number of amides is 1. The van der Waals surface area contributed by atoms with E-state index in [4.69, 9.17) is 4.74 Å². The van der Waals surface area contributed by atoms with E-state index in [9.17, 15) is 9.59 Å². The van der Waals surface area contributed by atoms with Crippen LogP contribution in [-0.2, 0) is 22.6 Å². The van der Waals surface area contributed by atoms with Crippen LogP contribution in [0.5, 0.6) is 0 Å². The van der Waals surface area contributed by atoms with Crippen LogP contribution < -0.4 is 5.32 Å². The summed E-state index contributed by atoms with van der Waals surface area (Å²) >= 11 is 1.36. The van der Waals surface area contributed by atoms with Gasteiger partial charge in [0.05, 0.1) is 17.7 Å². The van der Waals surface area contributed by atoms with Crippen molar-refractivity contribution >= 4 is 28.9 Å². The Bertz CT molecular complexity index is 934. The SMILES string of the molecule is Cc1ccc(NC(=O)Cc2nc(COC(=O)c3ccc(C)nc3)cs2)cc1. The molecule has 0 fully saturated rings. The number of hydrogen-bond donors (Lipinski definition) is 1. The first-order valence-electron chi connectivity index (χ1n) is 8.39. The first-order valence-corrected chi connectivity index (χ1v) is 9.27. The number of pyridine rings is 1. The van der Waals surface area contributed by atoms with E-state index in [1.165, 1.54) is 17.5 Å². The third-order valence-corrected chi connectivity index (χ3v) is 4.64. The molecular weight excluding hydrogens is 362 g/mol. The molecule has 6 nitrogen and oxygen atoms in total. The molecule has 0 unspecified atom stereocenters. The maximum atomic E-state index is 12.1. The third-order valence-electron chi connectivity index (χ3n) is 3.74. The van der Waals surface area contributed by atoms with Crippen LogP contribution >= 0.6 is 11.3 Å². The Morgan fingerprint density at radius 1 is 1.11 bits per heavy atom. The van der Waals surface area contributed by atoms with Gasteiger partial charge in [0.2, 0.25) is 5.91 Å². The second kappa shape index (κ2) is 8.55. The van der Waals surface area contributed by atoms with Gasteiger partial charge in [-0.2, -0.15) is 0 Å². The number of carbonyl (C=O) groups is 2. The lowest BCUT2D eigenvalue weighted by molar-refractivity contribution is -0.115. The number of rotatable bonds is 6. The lowest BCUT2D eigenvalue weighted by Gasteiger charge is -2.04. The molecule has 138 valence electrons. The molecule has 0 spiro atoms. The Kier molecular flexibility index (Phi) is 5.93. The minimum absolute atomic E-state index is 0.0583. The number of thiazole rings is 1. The van der Waals surface area contributed by atoms with Gasteiger partial charge < -0.3 is 10.1 Å². The van der Waals surface area contributed by atoms with Gasteiger partial charge >= 0.3 is 5.97 Å². The minimum Gasteiger partial charge on any atom is -0.456 e. The molecular formula is C20H19N3O3S. The summed E-state index contributed by atoms with van der Waals surface area (Å²) in [5, 5.41) is 5.29. The number of benzene rings is 1. The van der Waals surface area contributed by atoms with Crippen molar-refractivity contribution in [3.8, 4) is 0 Å². The summed E-state index contributed by atoms with van der Waals surface area (Å²) in [5.74, 6) is -0.586. The second-order valence-electron chi connectivity index (χ2n) is 6.09. The number of carbonyl (C=O) groups excluding carboxylic acids is 2. The normalized spacial score (nSPS) is 10.4. The van der Waals surface area contributed by atoms with Crippen molar-refractivity contribution in [2.75, 3.05) is 5.32 Å². The van der Waals surface area contributed by atoms with Crippen LogP contribution in [0.3, 0.4) is 0 Å². The van der Waals surface area contributed by atoms with Crippen molar-refractivity contribution in [1.82, 2.24) is 9.97 Å². The molecule has 0 atom stereocenters. The predicted octanol–water partition coefficient (Wildman–Crippen LogP) is 3.69. The molecule has 3 rings (SSSR count). The molecule has 2 aromatic heterocycles. The van der Waals surface area contributed by atoms with E-state index >= 15 is 0 Å². The van der Waals surface area contributed by atoms with E-state index in [-0.39, 0.29) is 18.9 Å². The summed E-state index contributed by atoms with van der Waals surface area (Å²) < 4.78 is 5.24. The largest absolute Gasteiger partial charge is 0.456 e. The highest BCUT2D eigenvalue weighted by Crippen LogP contribution is 2.14. The molecule has 0 aliphatic rings. The second-order valence-corrected chi connectivity index (χ2v) is 7.03. The number of hydrogen-bond acceptors (Lipinski definition) is 6. The van der Waals surface area contributed by atoms with Crippen LogP contribution in [0.1, 0.15) is 32.3 Å². The summed E-state index contributed by atoms with van der Waals surface area (Å²) in [5.41, 5.74) is 3.73. The predicted molar refractivity (Wildman–Crippen MR) is 104 cm³/mol. The van der Waals surface area contributed by atoms with E-state index in [1.807, 2.05) is 38.1 Å². The maximum Gasteiger partial charge on any atom is 0.340 e. The van der Waals surface area contributed by atoms with Crippen LogP contribution in [0.25, 0.3) is 0 Å². The van der Waals surface area contributed by atoms with Gasteiger partial charge in [-0.25, -0.2) is 9.78 Å². The molecule has 1 aromatic carbocycles. The smallest absolute Gasteiger partial charge is 0.340 e. The molecule has 0 aliphatic carbocycles. The molecule has 2 heterocycles. The lowest BCUT2D eigenvalue weighted by atomic mass is 10.2. The molecule has 7 heteroatoms. The Morgan fingerprint density at radius 3 is 2.59 bits per heavy atom. The molecule has 27 heavy (non-hydrogen) atoms. The zero-order valence-electron chi connectivity index (χ0n) is 15.1. The van der Waals surface area contributed by atoms with Crippen molar-refractivity contribution < 1.29 is 14.3 Å². The average molecular weight is 381 g/mol. The Hall–Kier alpha value is -3.06. The average Bonchev–Trinajstić information content (AvgIpc) is 3.09. The quantitative estimate of drug-likeness (QED) is 0.659. The van der Waals surface area contributed by atoms with Crippen molar-refractivity contribution in [3.05, 3.63) is 75.5 Å². The van der Waals surface area contributed by atoms with Crippen molar-refractivity contribution in [1.29, 1.82) is 0 Å². The first kappa shape index (κ1) is 18.7. The summed E-state index contributed by atoms with van der Waals surface area (Å²) in [6.45, 7) is 3.90. The highest BCUT2D eigenvalue weighted by Gasteiger charge is 2.11. The number of nitrogens with zero attached hydrogens (tertiary/aromatic N) is 2. The van der Waals surface area contributed by atoms with E-state index in [2.05, 4.69) is 15.3 Å². The molecule has 3 aromatic rings. The number of anilines is 1. The highest BCUT2D eigenvalue weighted by atomic mass is 32.1. The van der Waals surface area contributed by atoms with Gasteiger partial charge in [-0.3, -0.25) is 9.78 Å². The lowest BCUT2D eigenvalue weighted by Crippen LogP contribution is -2.14. The van der Waals surface area contributed by atoms with Crippen molar-refractivity contribution in [2.24, 2.45) is 0 Å². The van der Waals surface area contributed by atoms with Crippen LogP contribution in [0.4, 0.5) is 5.69 Å². The van der Waals surface area contributed by atoms with Gasteiger partial charge in [0.15, 0.2) is 0 Å².